The lowest BCUT2D eigenvalue weighted by Gasteiger charge is -2.19. The number of rotatable bonds is 13. The first-order valence-corrected chi connectivity index (χ1v) is 31.9. The smallest absolute Gasteiger partial charge is 0.412 e. The summed E-state index contributed by atoms with van der Waals surface area (Å²) in [5.74, 6) is -0.303. The molecule has 0 saturated heterocycles. The van der Waals surface area contributed by atoms with Crippen LogP contribution in [-0.2, 0) is 24.8 Å². The van der Waals surface area contributed by atoms with Crippen LogP contribution in [0.3, 0.4) is 0 Å². The van der Waals surface area contributed by atoms with Crippen LogP contribution >= 0.6 is 34.8 Å². The zero-order chi connectivity index (χ0) is 65.3. The van der Waals surface area contributed by atoms with E-state index >= 15 is 0 Å². The third-order valence-electron chi connectivity index (χ3n) is 13.4. The molecule has 0 aliphatic rings. The second kappa shape index (κ2) is 27.6. The average molecular weight is 1330 g/mol. The second-order valence-corrected chi connectivity index (χ2v) is 25.9. The van der Waals surface area contributed by atoms with Crippen LogP contribution < -0.4 is 32.7 Å². The molecule has 92 heavy (non-hydrogen) atoms. The van der Waals surface area contributed by atoms with Crippen molar-refractivity contribution in [3.05, 3.63) is 257 Å². The molecule has 0 bridgehead atoms. The normalized spacial score (nSPS) is 11.3. The van der Waals surface area contributed by atoms with Gasteiger partial charge in [0.25, 0.3) is 31.9 Å². The summed E-state index contributed by atoms with van der Waals surface area (Å²) < 4.78 is 61.0. The maximum absolute atomic E-state index is 13.5. The number of nitrogens with two attached hydrogens (primary N) is 2. The van der Waals surface area contributed by atoms with Gasteiger partial charge in [-0.2, -0.15) is 0 Å². The molecule has 0 spiro atoms. The number of aromatic nitrogens is 6. The molecule has 0 unspecified atom stereocenters. The first kappa shape index (κ1) is 64.4. The van der Waals surface area contributed by atoms with E-state index in [1.807, 2.05) is 24.3 Å². The van der Waals surface area contributed by atoms with E-state index in [1.54, 1.807) is 203 Å². The van der Waals surface area contributed by atoms with Gasteiger partial charge in [-0.3, -0.25) is 14.9 Å². The van der Waals surface area contributed by atoms with Crippen LogP contribution in [0.2, 0.25) is 15.3 Å². The number of anilines is 7. The van der Waals surface area contributed by atoms with E-state index in [4.69, 9.17) is 51.0 Å². The number of nitrogens with zero attached hydrogens (tertiary/aromatic N) is 6. The van der Waals surface area contributed by atoms with E-state index in [0.717, 1.165) is 0 Å². The first-order chi connectivity index (χ1) is 44.0. The number of hydrogen-bond donors (Lipinski definition) is 6. The molecule has 0 radical (unpaired) electrons. The van der Waals surface area contributed by atoms with E-state index in [1.165, 1.54) is 32.7 Å². The number of carbonyl (C=O) groups is 3. The monoisotopic (exact) mass is 1320 g/mol. The molecule has 4 aromatic heterocycles. The molecule has 12 rings (SSSR count). The van der Waals surface area contributed by atoms with Gasteiger partial charge in [0.15, 0.2) is 0 Å². The summed E-state index contributed by atoms with van der Waals surface area (Å²) in [5, 5.41) is 13.3. The number of carbonyl (C=O) groups excluding carboxylic acids is 3. The number of hydrogen-bond acceptors (Lipinski definition) is 15. The summed E-state index contributed by atoms with van der Waals surface area (Å²) in [7, 11) is -7.67. The Balaban J connectivity index is 0.000000160. The van der Waals surface area contributed by atoms with Gasteiger partial charge >= 0.3 is 6.09 Å². The Morgan fingerprint density at radius 3 is 1.46 bits per heavy atom. The molecular weight excluding hydrogens is 1270 g/mol. The van der Waals surface area contributed by atoms with Crippen molar-refractivity contribution in [2.45, 2.75) is 36.2 Å². The van der Waals surface area contributed by atoms with Crippen molar-refractivity contribution in [2.75, 3.05) is 32.7 Å². The summed E-state index contributed by atoms with van der Waals surface area (Å²) in [6.45, 7) is 5.36. The molecule has 25 heteroatoms. The summed E-state index contributed by atoms with van der Waals surface area (Å²) in [4.78, 5) is 53.9. The molecule has 12 aromatic rings. The zero-order valence-electron chi connectivity index (χ0n) is 49.0. The number of benzene rings is 8. The number of para-hydroxylation sites is 2. The maximum atomic E-state index is 13.5. The van der Waals surface area contributed by atoms with Crippen molar-refractivity contribution >= 4 is 135 Å². The molecule has 8 N–H and O–H groups in total. The Kier molecular flexibility index (Phi) is 19.3. The molecule has 0 fully saturated rings. The van der Waals surface area contributed by atoms with Crippen LogP contribution in [-0.4, -0.2) is 68.2 Å². The summed E-state index contributed by atoms with van der Waals surface area (Å²) in [5.41, 5.74) is 18.1. The standard InChI is InChI=1S/C31H23ClN6O3S.C18H11Cl2N3O2S.C18H21N3O3/c32-27-18-34-31(36-23-8-6-7-22(17-23)35-30(39)20-13-15-21(33)16-14-20)37-29(27)26-19-38(28-12-5-4-11-25(26)28)42(40,41)24-9-2-1-3-10-24;19-15-10-21-18(20)22-17(15)14-11-23(16-9-5-4-8-13(14)16)26(24,25)12-6-2-1-3-7-12;1-18(2,3)24-17(23)21-14-9-7-12(8-10-14)16(22)20-15-6-4-5-13(19)11-15/h1-19H,33H2,(H,35,39)(H,34,36,37);1-11H;4-11H,19H2,1-3H3,(H,20,22)(H,21,23). The van der Waals surface area contributed by atoms with Crippen LogP contribution in [0.15, 0.2) is 241 Å². The minimum Gasteiger partial charge on any atom is -0.444 e. The van der Waals surface area contributed by atoms with E-state index in [2.05, 4.69) is 41.2 Å². The fraction of sp³-hybridized carbons (Fsp3) is 0.0597. The van der Waals surface area contributed by atoms with E-state index in [-0.39, 0.29) is 42.9 Å². The SMILES string of the molecule is CC(C)(C)OC(=O)Nc1ccc(C(=O)Nc2cccc(N)c2)cc1.Nc1ccc(C(=O)Nc2cccc(Nc3ncc(Cl)c(-c4cn(S(=O)(=O)c5ccccc5)c5ccccc45)n3)c2)cc1.O=S(=O)(c1ccccc1)n1cc(-c2nc(Cl)ncc2Cl)c2ccccc21. The summed E-state index contributed by atoms with van der Waals surface area (Å²) in [6.07, 6.45) is 5.34. The molecule has 20 nitrogen and oxygen atoms in total. The van der Waals surface area contributed by atoms with Crippen LogP contribution in [0.5, 0.6) is 0 Å². The number of halogens is 3. The van der Waals surface area contributed by atoms with Crippen molar-refractivity contribution < 1.29 is 36.0 Å². The lowest BCUT2D eigenvalue weighted by atomic mass is 10.1. The molecule has 4 heterocycles. The second-order valence-electron chi connectivity index (χ2n) is 21.1. The van der Waals surface area contributed by atoms with E-state index < -0.39 is 31.7 Å². The third kappa shape index (κ3) is 15.3. The Morgan fingerprint density at radius 1 is 0.478 bits per heavy atom. The Hall–Kier alpha value is -10.6. The van der Waals surface area contributed by atoms with Crippen molar-refractivity contribution in [2.24, 2.45) is 0 Å². The molecule has 0 aliphatic heterocycles. The van der Waals surface area contributed by atoms with E-state index in [9.17, 15) is 31.2 Å². The van der Waals surface area contributed by atoms with Gasteiger partial charge in [0.05, 0.1) is 54.7 Å². The highest BCUT2D eigenvalue weighted by Crippen LogP contribution is 2.38. The predicted molar refractivity (Wildman–Crippen MR) is 363 cm³/mol. The fourth-order valence-electron chi connectivity index (χ4n) is 9.23. The summed E-state index contributed by atoms with van der Waals surface area (Å²) in [6, 6.07) is 57.9. The quantitative estimate of drug-likeness (QED) is 0.0462. The van der Waals surface area contributed by atoms with Gasteiger partial charge in [-0.25, -0.2) is 49.5 Å². The highest BCUT2D eigenvalue weighted by molar-refractivity contribution is 7.90. The highest BCUT2D eigenvalue weighted by atomic mass is 35.5. The van der Waals surface area contributed by atoms with E-state index in [0.29, 0.717) is 89.6 Å². The number of nitrogens with one attached hydrogen (secondary N) is 4. The van der Waals surface area contributed by atoms with Crippen molar-refractivity contribution in [3.63, 3.8) is 0 Å². The minimum atomic E-state index is -3.89. The van der Waals surface area contributed by atoms with Crippen molar-refractivity contribution in [1.82, 2.24) is 27.9 Å². The molecule has 3 amide bonds. The van der Waals surface area contributed by atoms with Gasteiger partial charge in [-0.05, 0) is 154 Å². The number of fused-ring (bicyclic) bond motifs is 2. The van der Waals surface area contributed by atoms with Gasteiger partial charge in [0.2, 0.25) is 11.2 Å². The molecule has 0 aliphatic carbocycles. The van der Waals surface area contributed by atoms with Gasteiger partial charge < -0.3 is 32.2 Å². The lowest BCUT2D eigenvalue weighted by Crippen LogP contribution is -2.27. The summed E-state index contributed by atoms with van der Waals surface area (Å²) >= 11 is 18.7. The first-order valence-electron chi connectivity index (χ1n) is 27.8. The van der Waals surface area contributed by atoms with Gasteiger partial charge in [0, 0.05) is 79.5 Å². The largest absolute Gasteiger partial charge is 0.444 e. The maximum Gasteiger partial charge on any atom is 0.412 e. The van der Waals surface area contributed by atoms with Gasteiger partial charge in [0.1, 0.15) is 5.60 Å². The molecule has 8 aromatic carbocycles. The number of amides is 3. The minimum absolute atomic E-state index is 0.0344. The molecule has 0 atom stereocenters. The fourth-order valence-corrected chi connectivity index (χ4v) is 12.5. The molecule has 0 saturated carbocycles. The Bertz CT molecular complexity index is 4940. The Labute approximate surface area is 544 Å². The van der Waals surface area contributed by atoms with Crippen LogP contribution in [0.4, 0.5) is 44.9 Å². The topological polar surface area (TPSA) is 290 Å². The van der Waals surface area contributed by atoms with Crippen LogP contribution in [0.25, 0.3) is 44.3 Å². The lowest BCUT2D eigenvalue weighted by molar-refractivity contribution is 0.0635. The van der Waals surface area contributed by atoms with Crippen LogP contribution in [0, 0.1) is 0 Å². The number of ether oxygens (including phenoxy) is 1. The zero-order valence-corrected chi connectivity index (χ0v) is 52.9. The Morgan fingerprint density at radius 2 is 0.935 bits per heavy atom. The average Bonchev–Trinajstić information content (AvgIpc) is 1.61. The predicted octanol–water partition coefficient (Wildman–Crippen LogP) is 15.1. The molecular formula is C67H55Cl3N12O8S2. The van der Waals surface area contributed by atoms with Crippen LogP contribution in [0.1, 0.15) is 41.5 Å². The van der Waals surface area contributed by atoms with Gasteiger partial charge in [-0.15, -0.1) is 0 Å². The molecule has 464 valence electrons. The highest BCUT2D eigenvalue weighted by Gasteiger charge is 2.26. The van der Waals surface area contributed by atoms with Crippen molar-refractivity contribution in [1.29, 1.82) is 0 Å². The van der Waals surface area contributed by atoms with Crippen molar-refractivity contribution in [3.8, 4) is 22.5 Å². The number of nitrogen functional groups attached to an aromatic ring is 2. The van der Waals surface area contributed by atoms with Gasteiger partial charge in [-0.1, -0.05) is 108 Å². The third-order valence-corrected chi connectivity index (χ3v) is 17.5.